The SMILES string of the molecule is Clc1ccccc1CNc1nnc(-c2ccc3c(c2)OCO3)o1. The molecule has 2 heterocycles. The number of benzene rings is 2. The van der Waals surface area contributed by atoms with Crippen LogP contribution in [0.1, 0.15) is 5.56 Å². The number of fused-ring (bicyclic) bond motifs is 1. The topological polar surface area (TPSA) is 69.4 Å². The van der Waals surface area contributed by atoms with E-state index in [0.717, 1.165) is 11.1 Å². The average molecular weight is 330 g/mol. The highest BCUT2D eigenvalue weighted by atomic mass is 35.5. The van der Waals surface area contributed by atoms with Gasteiger partial charge in [0.05, 0.1) is 0 Å². The molecule has 1 aliphatic heterocycles. The van der Waals surface area contributed by atoms with Gasteiger partial charge >= 0.3 is 6.01 Å². The summed E-state index contributed by atoms with van der Waals surface area (Å²) in [7, 11) is 0. The summed E-state index contributed by atoms with van der Waals surface area (Å²) in [5, 5.41) is 11.8. The predicted molar refractivity (Wildman–Crippen MR) is 84.6 cm³/mol. The minimum Gasteiger partial charge on any atom is -0.454 e. The van der Waals surface area contributed by atoms with Crippen LogP contribution in [0.15, 0.2) is 46.9 Å². The molecule has 3 aromatic rings. The van der Waals surface area contributed by atoms with Gasteiger partial charge in [-0.05, 0) is 29.8 Å². The molecule has 7 heteroatoms. The maximum atomic E-state index is 6.11. The van der Waals surface area contributed by atoms with E-state index in [1.165, 1.54) is 0 Å². The number of rotatable bonds is 4. The summed E-state index contributed by atoms with van der Waals surface area (Å²) in [4.78, 5) is 0. The molecule has 4 rings (SSSR count). The molecule has 0 spiro atoms. The van der Waals surface area contributed by atoms with Crippen molar-refractivity contribution in [1.29, 1.82) is 0 Å². The summed E-state index contributed by atoms with van der Waals surface area (Å²) in [6.45, 7) is 0.732. The van der Waals surface area contributed by atoms with E-state index in [0.29, 0.717) is 35.0 Å². The Morgan fingerprint density at radius 2 is 1.91 bits per heavy atom. The van der Waals surface area contributed by atoms with Crippen LogP contribution in [0, 0.1) is 0 Å². The maximum Gasteiger partial charge on any atom is 0.316 e. The number of nitrogens with zero attached hydrogens (tertiary/aromatic N) is 2. The third-order valence-electron chi connectivity index (χ3n) is 3.43. The van der Waals surface area contributed by atoms with Gasteiger partial charge in [-0.3, -0.25) is 0 Å². The van der Waals surface area contributed by atoms with Gasteiger partial charge in [-0.1, -0.05) is 34.9 Å². The smallest absolute Gasteiger partial charge is 0.316 e. The molecule has 0 saturated heterocycles. The largest absolute Gasteiger partial charge is 0.454 e. The summed E-state index contributed by atoms with van der Waals surface area (Å²) >= 11 is 6.11. The van der Waals surface area contributed by atoms with Gasteiger partial charge in [0.2, 0.25) is 12.7 Å². The number of ether oxygens (including phenoxy) is 2. The van der Waals surface area contributed by atoms with Crippen LogP contribution in [0.5, 0.6) is 11.5 Å². The number of hydrogen-bond acceptors (Lipinski definition) is 6. The van der Waals surface area contributed by atoms with Gasteiger partial charge in [-0.15, -0.1) is 5.10 Å². The van der Waals surface area contributed by atoms with Crippen LogP contribution in [-0.4, -0.2) is 17.0 Å². The van der Waals surface area contributed by atoms with Gasteiger partial charge in [-0.2, -0.15) is 0 Å². The van der Waals surface area contributed by atoms with Crippen LogP contribution in [0.25, 0.3) is 11.5 Å². The van der Waals surface area contributed by atoms with Gasteiger partial charge in [0, 0.05) is 17.1 Å². The molecule has 0 atom stereocenters. The Labute approximate surface area is 137 Å². The van der Waals surface area contributed by atoms with E-state index in [2.05, 4.69) is 15.5 Å². The Balaban J connectivity index is 1.50. The molecule has 0 fully saturated rings. The zero-order valence-corrected chi connectivity index (χ0v) is 12.7. The molecule has 0 aliphatic carbocycles. The van der Waals surface area contributed by atoms with E-state index >= 15 is 0 Å². The minimum atomic E-state index is 0.229. The molecule has 0 amide bonds. The number of hydrogen-bond donors (Lipinski definition) is 1. The first-order valence-electron chi connectivity index (χ1n) is 7.00. The van der Waals surface area contributed by atoms with E-state index in [9.17, 15) is 0 Å². The van der Waals surface area contributed by atoms with Crippen molar-refractivity contribution >= 4 is 17.6 Å². The molecule has 0 saturated carbocycles. The second-order valence-corrected chi connectivity index (χ2v) is 5.33. The normalized spacial score (nSPS) is 12.4. The van der Waals surface area contributed by atoms with E-state index in [1.807, 2.05) is 42.5 Å². The second-order valence-electron chi connectivity index (χ2n) is 4.93. The highest BCUT2D eigenvalue weighted by Gasteiger charge is 2.16. The van der Waals surface area contributed by atoms with Crippen molar-refractivity contribution in [2.45, 2.75) is 6.54 Å². The number of halogens is 1. The lowest BCUT2D eigenvalue weighted by Gasteiger charge is -2.03. The fourth-order valence-corrected chi connectivity index (χ4v) is 2.46. The maximum absolute atomic E-state index is 6.11. The van der Waals surface area contributed by atoms with Crippen molar-refractivity contribution in [1.82, 2.24) is 10.2 Å². The third-order valence-corrected chi connectivity index (χ3v) is 3.80. The summed E-state index contributed by atoms with van der Waals surface area (Å²) in [5.74, 6) is 1.79. The lowest BCUT2D eigenvalue weighted by Crippen LogP contribution is -1.99. The lowest BCUT2D eigenvalue weighted by atomic mass is 10.2. The lowest BCUT2D eigenvalue weighted by molar-refractivity contribution is 0.174. The van der Waals surface area contributed by atoms with Crippen molar-refractivity contribution in [3.8, 4) is 23.0 Å². The van der Waals surface area contributed by atoms with Crippen molar-refractivity contribution in [2.75, 3.05) is 12.1 Å². The standard InChI is InChI=1S/C16H12ClN3O3/c17-12-4-2-1-3-11(12)8-18-16-20-19-15(23-16)10-5-6-13-14(7-10)22-9-21-13/h1-7H,8-9H2,(H,18,20). The summed E-state index contributed by atoms with van der Waals surface area (Å²) in [6, 6.07) is 13.4. The number of aromatic nitrogens is 2. The molecule has 2 aromatic carbocycles. The molecule has 6 nitrogen and oxygen atoms in total. The van der Waals surface area contributed by atoms with Crippen LogP contribution in [0.3, 0.4) is 0 Å². The van der Waals surface area contributed by atoms with Crippen LogP contribution in [-0.2, 0) is 6.54 Å². The fraction of sp³-hybridized carbons (Fsp3) is 0.125. The van der Waals surface area contributed by atoms with Crippen LogP contribution in [0.2, 0.25) is 5.02 Å². The minimum absolute atomic E-state index is 0.229. The van der Waals surface area contributed by atoms with Crippen molar-refractivity contribution in [3.05, 3.63) is 53.1 Å². The first-order chi connectivity index (χ1) is 11.3. The van der Waals surface area contributed by atoms with Gasteiger partial charge in [0.1, 0.15) is 0 Å². The summed E-state index contributed by atoms with van der Waals surface area (Å²) < 4.78 is 16.2. The highest BCUT2D eigenvalue weighted by Crippen LogP contribution is 2.35. The Bertz CT molecular complexity index is 850. The quantitative estimate of drug-likeness (QED) is 0.786. The van der Waals surface area contributed by atoms with E-state index in [1.54, 1.807) is 0 Å². The van der Waals surface area contributed by atoms with Crippen LogP contribution >= 0.6 is 11.6 Å². The van der Waals surface area contributed by atoms with Crippen molar-refractivity contribution < 1.29 is 13.9 Å². The van der Waals surface area contributed by atoms with Crippen LogP contribution < -0.4 is 14.8 Å². The predicted octanol–water partition coefficient (Wildman–Crippen LogP) is 3.73. The molecule has 23 heavy (non-hydrogen) atoms. The van der Waals surface area contributed by atoms with Crippen molar-refractivity contribution in [3.63, 3.8) is 0 Å². The Kier molecular flexibility index (Phi) is 3.51. The molecule has 0 radical (unpaired) electrons. The van der Waals surface area contributed by atoms with Crippen molar-refractivity contribution in [2.24, 2.45) is 0 Å². The van der Waals surface area contributed by atoms with E-state index in [-0.39, 0.29) is 6.79 Å². The Hall–Kier alpha value is -2.73. The molecule has 1 aromatic heterocycles. The van der Waals surface area contributed by atoms with E-state index < -0.39 is 0 Å². The zero-order valence-electron chi connectivity index (χ0n) is 12.0. The monoisotopic (exact) mass is 329 g/mol. The number of anilines is 1. The third kappa shape index (κ3) is 2.80. The molecule has 0 unspecified atom stereocenters. The average Bonchev–Trinajstić information content (AvgIpc) is 3.22. The van der Waals surface area contributed by atoms with Gasteiger partial charge in [0.15, 0.2) is 11.5 Å². The van der Waals surface area contributed by atoms with Gasteiger partial charge in [0.25, 0.3) is 0 Å². The summed E-state index contributed by atoms with van der Waals surface area (Å²) in [5.41, 5.74) is 1.73. The van der Waals surface area contributed by atoms with Gasteiger partial charge in [-0.25, -0.2) is 0 Å². The first-order valence-corrected chi connectivity index (χ1v) is 7.38. The Morgan fingerprint density at radius 3 is 2.83 bits per heavy atom. The molecule has 1 aliphatic rings. The van der Waals surface area contributed by atoms with E-state index in [4.69, 9.17) is 25.5 Å². The molecule has 0 bridgehead atoms. The zero-order chi connectivity index (χ0) is 15.6. The first kappa shape index (κ1) is 13.9. The molecular weight excluding hydrogens is 318 g/mol. The molecular formula is C16H12ClN3O3. The highest BCUT2D eigenvalue weighted by molar-refractivity contribution is 6.31. The van der Waals surface area contributed by atoms with Gasteiger partial charge < -0.3 is 19.2 Å². The molecule has 1 N–H and O–H groups in total. The summed E-state index contributed by atoms with van der Waals surface area (Å²) in [6.07, 6.45) is 0. The molecule has 116 valence electrons. The Morgan fingerprint density at radius 1 is 1.04 bits per heavy atom. The fourth-order valence-electron chi connectivity index (χ4n) is 2.25. The van der Waals surface area contributed by atoms with Crippen LogP contribution in [0.4, 0.5) is 6.01 Å². The number of nitrogens with one attached hydrogen (secondary N) is 1. The second kappa shape index (κ2) is 5.81.